The zero-order valence-electron chi connectivity index (χ0n) is 51.8. The summed E-state index contributed by atoms with van der Waals surface area (Å²) in [5.74, 6) is -0.0153. The molecule has 0 aliphatic heterocycles. The van der Waals surface area contributed by atoms with Gasteiger partial charge < -0.3 is 20.3 Å². The first-order valence-corrected chi connectivity index (χ1v) is 34.9. The highest BCUT2D eigenvalue weighted by atomic mass is 16.5. The van der Waals surface area contributed by atoms with Crippen LogP contribution in [0.3, 0.4) is 0 Å². The maximum Gasteiger partial charge on any atom is 0.305 e. The van der Waals surface area contributed by atoms with Crippen molar-refractivity contribution >= 4 is 11.9 Å². The molecule has 6 nitrogen and oxygen atoms in total. The lowest BCUT2D eigenvalue weighted by molar-refractivity contribution is -0.143. The summed E-state index contributed by atoms with van der Waals surface area (Å²) >= 11 is 0. The van der Waals surface area contributed by atoms with Crippen LogP contribution in [-0.2, 0) is 14.3 Å². The molecule has 452 valence electrons. The van der Waals surface area contributed by atoms with Crippen molar-refractivity contribution in [2.75, 3.05) is 13.2 Å². The molecule has 0 aromatic carbocycles. The van der Waals surface area contributed by atoms with E-state index in [0.29, 0.717) is 25.9 Å². The highest BCUT2D eigenvalue weighted by molar-refractivity contribution is 5.76. The summed E-state index contributed by atoms with van der Waals surface area (Å²) in [6, 6.07) is -0.541. The minimum Gasteiger partial charge on any atom is -0.466 e. The van der Waals surface area contributed by atoms with Gasteiger partial charge in [0.2, 0.25) is 5.91 Å². The third-order valence-electron chi connectivity index (χ3n) is 16.6. The second kappa shape index (κ2) is 66.1. The van der Waals surface area contributed by atoms with Gasteiger partial charge in [-0.15, -0.1) is 0 Å². The number of hydrogen-bond donors (Lipinski definition) is 3. The molecule has 0 spiro atoms. The maximum atomic E-state index is 12.5. The van der Waals surface area contributed by atoms with Gasteiger partial charge in [0.15, 0.2) is 0 Å². The standard InChI is InChI=1S/C70H137NO5/c1-3-5-7-9-11-13-15-17-19-21-27-32-36-40-44-48-52-56-60-64-70(75)76-65-61-57-53-49-45-41-37-33-29-26-24-22-23-25-28-31-35-39-43-47-51-55-59-63-69(74)71-67(66-72)68(73)62-58-54-50-46-42-38-34-30-20-18-16-14-12-10-8-6-4-2/h17,19,67-68,72-73H,3-16,18,20-66H2,1-2H3,(H,71,74)/b19-17-. The molecule has 0 aromatic heterocycles. The normalized spacial score (nSPS) is 12.5. The molecule has 2 unspecified atom stereocenters. The van der Waals surface area contributed by atoms with E-state index in [4.69, 9.17) is 4.74 Å². The number of aliphatic hydroxyl groups excluding tert-OH is 2. The lowest BCUT2D eigenvalue weighted by Gasteiger charge is -2.22. The Morgan fingerprint density at radius 2 is 0.618 bits per heavy atom. The van der Waals surface area contributed by atoms with Crippen LogP contribution in [0.25, 0.3) is 0 Å². The number of unbranched alkanes of at least 4 members (excludes halogenated alkanes) is 53. The molecule has 0 radical (unpaired) electrons. The number of hydrogen-bond acceptors (Lipinski definition) is 5. The van der Waals surface area contributed by atoms with Crippen molar-refractivity contribution in [1.82, 2.24) is 5.32 Å². The molecule has 0 rings (SSSR count). The fraction of sp³-hybridized carbons (Fsp3) is 0.943. The van der Waals surface area contributed by atoms with Gasteiger partial charge in [-0.2, -0.15) is 0 Å². The van der Waals surface area contributed by atoms with Crippen molar-refractivity contribution in [3.63, 3.8) is 0 Å². The smallest absolute Gasteiger partial charge is 0.305 e. The summed E-state index contributed by atoms with van der Waals surface area (Å²) < 4.78 is 5.51. The molecule has 3 N–H and O–H groups in total. The number of carbonyl (C=O) groups is 2. The molecule has 0 aliphatic carbocycles. The second-order valence-electron chi connectivity index (χ2n) is 24.2. The molecule has 0 aliphatic rings. The predicted molar refractivity (Wildman–Crippen MR) is 333 cm³/mol. The van der Waals surface area contributed by atoms with Crippen molar-refractivity contribution in [2.24, 2.45) is 0 Å². The van der Waals surface area contributed by atoms with Crippen LogP contribution in [0.5, 0.6) is 0 Å². The topological polar surface area (TPSA) is 95.9 Å². The van der Waals surface area contributed by atoms with E-state index in [1.165, 1.54) is 327 Å². The fourth-order valence-electron chi connectivity index (χ4n) is 11.2. The van der Waals surface area contributed by atoms with Crippen molar-refractivity contribution in [1.29, 1.82) is 0 Å². The van der Waals surface area contributed by atoms with Gasteiger partial charge in [-0.1, -0.05) is 347 Å². The SMILES string of the molecule is CCCCCCCC/C=C\CCCCCCCCCCCC(=O)OCCCCCCCCCCCCCCCCCCCCCCCCCC(=O)NC(CO)C(O)CCCCCCCCCCCCCCCCCCC. The van der Waals surface area contributed by atoms with Crippen LogP contribution in [0.2, 0.25) is 0 Å². The summed E-state index contributed by atoms with van der Waals surface area (Å²) in [5, 5.41) is 23.4. The van der Waals surface area contributed by atoms with E-state index in [0.717, 1.165) is 38.5 Å². The quantitative estimate of drug-likeness (QED) is 0.0320. The Balaban J connectivity index is 3.35. The Kier molecular flexibility index (Phi) is 64.9. The van der Waals surface area contributed by atoms with Crippen LogP contribution in [0.4, 0.5) is 0 Å². The number of amides is 1. The second-order valence-corrected chi connectivity index (χ2v) is 24.2. The first-order chi connectivity index (χ1) is 37.5. The molecule has 0 aromatic rings. The van der Waals surface area contributed by atoms with Crippen molar-refractivity contribution in [3.8, 4) is 0 Å². The van der Waals surface area contributed by atoms with Gasteiger partial charge in [0.05, 0.1) is 25.4 Å². The van der Waals surface area contributed by atoms with Gasteiger partial charge in [-0.05, 0) is 51.4 Å². The van der Waals surface area contributed by atoms with E-state index in [9.17, 15) is 19.8 Å². The summed E-state index contributed by atoms with van der Waals surface area (Å²) in [5.41, 5.74) is 0. The van der Waals surface area contributed by atoms with Gasteiger partial charge in [0, 0.05) is 12.8 Å². The number of esters is 1. The molecule has 6 heteroatoms. The van der Waals surface area contributed by atoms with Gasteiger partial charge in [0.25, 0.3) is 0 Å². The van der Waals surface area contributed by atoms with Gasteiger partial charge in [0.1, 0.15) is 0 Å². The lowest BCUT2D eigenvalue weighted by Crippen LogP contribution is -2.45. The highest BCUT2D eigenvalue weighted by Gasteiger charge is 2.20. The highest BCUT2D eigenvalue weighted by Crippen LogP contribution is 2.19. The number of nitrogens with one attached hydrogen (secondary N) is 1. The first kappa shape index (κ1) is 74.6. The number of rotatable bonds is 66. The monoisotopic (exact) mass is 1070 g/mol. The molecular weight excluding hydrogens is 935 g/mol. The summed E-state index contributed by atoms with van der Waals surface area (Å²) in [6.07, 6.45) is 81.1. The van der Waals surface area contributed by atoms with E-state index in [-0.39, 0.29) is 18.5 Å². The van der Waals surface area contributed by atoms with Crippen molar-refractivity contribution < 1.29 is 24.5 Å². The third kappa shape index (κ3) is 61.8. The molecule has 76 heavy (non-hydrogen) atoms. The van der Waals surface area contributed by atoms with Crippen molar-refractivity contribution in [3.05, 3.63) is 12.2 Å². The summed E-state index contributed by atoms with van der Waals surface area (Å²) in [7, 11) is 0. The lowest BCUT2D eigenvalue weighted by atomic mass is 10.0. The van der Waals surface area contributed by atoms with Crippen LogP contribution in [-0.4, -0.2) is 47.4 Å². The molecule has 0 saturated heterocycles. The summed E-state index contributed by atoms with van der Waals surface area (Å²) in [6.45, 7) is 4.99. The average molecular weight is 1070 g/mol. The van der Waals surface area contributed by atoms with Gasteiger partial charge in [-0.3, -0.25) is 9.59 Å². The van der Waals surface area contributed by atoms with Crippen LogP contribution < -0.4 is 5.32 Å². The molecule has 0 fully saturated rings. The minimum absolute atomic E-state index is 0.0152. The number of ether oxygens (including phenoxy) is 1. The van der Waals surface area contributed by atoms with E-state index < -0.39 is 12.1 Å². The van der Waals surface area contributed by atoms with Crippen LogP contribution in [0, 0.1) is 0 Å². The van der Waals surface area contributed by atoms with Gasteiger partial charge in [-0.25, -0.2) is 0 Å². The first-order valence-electron chi connectivity index (χ1n) is 34.9. The van der Waals surface area contributed by atoms with Crippen LogP contribution >= 0.6 is 0 Å². The molecule has 0 heterocycles. The van der Waals surface area contributed by atoms with Crippen LogP contribution in [0.1, 0.15) is 399 Å². The maximum absolute atomic E-state index is 12.5. The third-order valence-corrected chi connectivity index (χ3v) is 16.6. The van der Waals surface area contributed by atoms with Crippen LogP contribution in [0.15, 0.2) is 12.2 Å². The van der Waals surface area contributed by atoms with Crippen molar-refractivity contribution in [2.45, 2.75) is 411 Å². The van der Waals surface area contributed by atoms with Gasteiger partial charge >= 0.3 is 5.97 Å². The molecule has 0 saturated carbocycles. The predicted octanol–water partition coefficient (Wildman–Crippen LogP) is 22.4. The van der Waals surface area contributed by atoms with E-state index >= 15 is 0 Å². The largest absolute Gasteiger partial charge is 0.466 e. The molecule has 0 bridgehead atoms. The Labute approximate surface area is 476 Å². The Hall–Kier alpha value is -1.40. The zero-order chi connectivity index (χ0) is 55.0. The average Bonchev–Trinajstić information content (AvgIpc) is 3.42. The summed E-state index contributed by atoms with van der Waals surface area (Å²) in [4.78, 5) is 24.6. The van der Waals surface area contributed by atoms with E-state index in [1.54, 1.807) is 0 Å². The van der Waals surface area contributed by atoms with E-state index in [2.05, 4.69) is 31.3 Å². The number of carbonyl (C=O) groups excluding carboxylic acids is 2. The Morgan fingerprint density at radius 3 is 0.934 bits per heavy atom. The Morgan fingerprint density at radius 1 is 0.355 bits per heavy atom. The molecular formula is C70H137NO5. The number of aliphatic hydroxyl groups is 2. The fourth-order valence-corrected chi connectivity index (χ4v) is 11.2. The molecule has 1 amide bonds. The minimum atomic E-state index is -0.664. The zero-order valence-corrected chi connectivity index (χ0v) is 51.8. The number of allylic oxidation sites excluding steroid dienone is 2. The van der Waals surface area contributed by atoms with E-state index in [1.807, 2.05) is 0 Å². The molecule has 2 atom stereocenters. The Bertz CT molecular complexity index is 1140.